The maximum Gasteiger partial charge on any atom is 0.266 e. The van der Waals surface area contributed by atoms with E-state index in [2.05, 4.69) is 16.9 Å². The third-order valence-electron chi connectivity index (χ3n) is 7.82. The Bertz CT molecular complexity index is 1510. The van der Waals surface area contributed by atoms with Gasteiger partial charge in [-0.2, -0.15) is 0 Å². The van der Waals surface area contributed by atoms with Crippen molar-refractivity contribution in [3.05, 3.63) is 131 Å². The number of aliphatic hydroxyl groups excluding tert-OH is 1. The van der Waals surface area contributed by atoms with Gasteiger partial charge in [-0.05, 0) is 54.6 Å². The molecular formula is C34H33N3O5. The summed E-state index contributed by atoms with van der Waals surface area (Å²) in [6.07, 6.45) is 2.39. The first kappa shape index (κ1) is 27.9. The molecule has 2 aliphatic heterocycles. The molecule has 1 fully saturated rings. The lowest BCUT2D eigenvalue weighted by Gasteiger charge is -2.38. The minimum Gasteiger partial charge on any atom is -0.392 e. The van der Waals surface area contributed by atoms with Crippen molar-refractivity contribution in [3.63, 3.8) is 0 Å². The number of pyridine rings is 1. The second kappa shape index (κ2) is 12.3. The van der Waals surface area contributed by atoms with Gasteiger partial charge in [-0.15, -0.1) is 0 Å². The smallest absolute Gasteiger partial charge is 0.266 e. The summed E-state index contributed by atoms with van der Waals surface area (Å²) in [6.45, 7) is 1.54. The number of rotatable bonds is 9. The molecule has 1 N–H and O–H groups in total. The van der Waals surface area contributed by atoms with Crippen LogP contribution < -0.4 is 4.90 Å². The number of hydrogen-bond acceptors (Lipinski definition) is 7. The average molecular weight is 564 g/mol. The van der Waals surface area contributed by atoms with Gasteiger partial charge in [0.2, 0.25) is 0 Å². The molecule has 3 aromatic carbocycles. The van der Waals surface area contributed by atoms with Gasteiger partial charge in [0.1, 0.15) is 0 Å². The normalized spacial score (nSPS) is 20.3. The Balaban J connectivity index is 1.19. The second-order valence-corrected chi connectivity index (χ2v) is 10.8. The number of ether oxygens (including phenoxy) is 2. The minimum absolute atomic E-state index is 0.0132. The van der Waals surface area contributed by atoms with Crippen molar-refractivity contribution in [2.24, 2.45) is 0 Å². The van der Waals surface area contributed by atoms with Crippen LogP contribution in [-0.2, 0) is 22.5 Å². The lowest BCUT2D eigenvalue weighted by Crippen LogP contribution is -2.38. The molecule has 0 radical (unpaired) electrons. The molecule has 2 amide bonds. The summed E-state index contributed by atoms with van der Waals surface area (Å²) in [7, 11) is 2.08. The van der Waals surface area contributed by atoms with Crippen LogP contribution in [0, 0.1) is 0 Å². The summed E-state index contributed by atoms with van der Waals surface area (Å²) >= 11 is 0. The molecule has 1 aromatic heterocycles. The van der Waals surface area contributed by atoms with Crippen LogP contribution in [0.3, 0.4) is 0 Å². The molecule has 0 unspecified atom stereocenters. The standard InChI is InChI=1S/C34H33N3O5/c1-36(19-17-26-6-4-5-18-35-26)21-28-20-31(24-11-9-23(22-38)10-12-24)42-34(41-28)25-13-15-27(16-14-25)37-32(39)29-7-2-3-8-30(29)33(37)40/h2-16,18,28,31,34,38H,17,19-22H2,1H3/t28-,31+,34+/m1/s1. The first-order chi connectivity index (χ1) is 20.5. The van der Waals surface area contributed by atoms with Gasteiger partial charge in [0, 0.05) is 43.4 Å². The van der Waals surface area contributed by atoms with Crippen LogP contribution in [0.25, 0.3) is 0 Å². The number of hydrogen-bond donors (Lipinski definition) is 1. The molecule has 8 nitrogen and oxygen atoms in total. The number of aromatic nitrogens is 1. The fourth-order valence-corrected chi connectivity index (χ4v) is 5.53. The van der Waals surface area contributed by atoms with Crippen LogP contribution >= 0.6 is 0 Å². The Morgan fingerprint density at radius 1 is 0.857 bits per heavy atom. The van der Waals surface area contributed by atoms with Crippen LogP contribution in [0.5, 0.6) is 0 Å². The van der Waals surface area contributed by atoms with Gasteiger partial charge in [0.05, 0.1) is 35.6 Å². The molecule has 42 heavy (non-hydrogen) atoms. The molecule has 3 heterocycles. The molecule has 0 aliphatic carbocycles. The highest BCUT2D eigenvalue weighted by molar-refractivity contribution is 6.34. The van der Waals surface area contributed by atoms with E-state index in [9.17, 15) is 14.7 Å². The van der Waals surface area contributed by atoms with Gasteiger partial charge >= 0.3 is 0 Å². The zero-order chi connectivity index (χ0) is 29.1. The molecule has 4 aromatic rings. The van der Waals surface area contributed by atoms with Crippen molar-refractivity contribution in [1.29, 1.82) is 0 Å². The van der Waals surface area contributed by atoms with E-state index in [4.69, 9.17) is 9.47 Å². The quantitative estimate of drug-likeness (QED) is 0.284. The Morgan fingerprint density at radius 2 is 1.52 bits per heavy atom. The lowest BCUT2D eigenvalue weighted by atomic mass is 9.99. The largest absolute Gasteiger partial charge is 0.392 e. The predicted molar refractivity (Wildman–Crippen MR) is 158 cm³/mol. The first-order valence-electron chi connectivity index (χ1n) is 14.2. The van der Waals surface area contributed by atoms with Gasteiger partial charge in [-0.25, -0.2) is 4.90 Å². The summed E-state index contributed by atoms with van der Waals surface area (Å²) in [5, 5.41) is 9.48. The van der Waals surface area contributed by atoms with Gasteiger partial charge in [-0.3, -0.25) is 14.6 Å². The minimum atomic E-state index is -0.633. The highest BCUT2D eigenvalue weighted by atomic mass is 16.7. The summed E-state index contributed by atoms with van der Waals surface area (Å²) in [5.74, 6) is -0.651. The molecule has 0 saturated carbocycles. The molecule has 0 spiro atoms. The molecule has 0 bridgehead atoms. The Labute approximate surface area is 245 Å². The van der Waals surface area contributed by atoms with E-state index in [1.54, 1.807) is 36.4 Å². The lowest BCUT2D eigenvalue weighted by molar-refractivity contribution is -0.252. The third-order valence-corrected chi connectivity index (χ3v) is 7.82. The monoisotopic (exact) mass is 563 g/mol. The third kappa shape index (κ3) is 5.89. The molecule has 1 saturated heterocycles. The molecular weight excluding hydrogens is 530 g/mol. The van der Waals surface area contributed by atoms with Crippen molar-refractivity contribution in [3.8, 4) is 0 Å². The highest BCUT2D eigenvalue weighted by Crippen LogP contribution is 2.39. The van der Waals surface area contributed by atoms with Gasteiger partial charge in [0.25, 0.3) is 11.8 Å². The molecule has 3 atom stereocenters. The van der Waals surface area contributed by atoms with Crippen LogP contribution in [0.4, 0.5) is 5.69 Å². The number of likely N-dealkylation sites (N-methyl/N-ethyl adjacent to an activating group) is 1. The fraction of sp³-hybridized carbons (Fsp3) is 0.265. The average Bonchev–Trinajstić information content (AvgIpc) is 3.29. The molecule has 214 valence electrons. The molecule has 6 rings (SSSR count). The number of fused-ring (bicyclic) bond motifs is 1. The summed E-state index contributed by atoms with van der Waals surface area (Å²) < 4.78 is 13.0. The number of nitrogens with zero attached hydrogens (tertiary/aromatic N) is 3. The number of amides is 2. The topological polar surface area (TPSA) is 92.2 Å². The van der Waals surface area contributed by atoms with E-state index >= 15 is 0 Å². The van der Waals surface area contributed by atoms with Crippen molar-refractivity contribution in [2.75, 3.05) is 25.0 Å². The number of carbonyl (C=O) groups is 2. The van der Waals surface area contributed by atoms with Crippen molar-refractivity contribution < 1.29 is 24.2 Å². The number of aliphatic hydroxyl groups is 1. The number of imide groups is 1. The van der Waals surface area contributed by atoms with Gasteiger partial charge < -0.3 is 19.5 Å². The van der Waals surface area contributed by atoms with E-state index in [1.807, 2.05) is 60.8 Å². The summed E-state index contributed by atoms with van der Waals surface area (Å²) in [5.41, 5.74) is 5.04. The van der Waals surface area contributed by atoms with Crippen molar-refractivity contribution in [1.82, 2.24) is 9.88 Å². The van der Waals surface area contributed by atoms with Gasteiger partial charge in [-0.1, -0.05) is 54.6 Å². The van der Waals surface area contributed by atoms with Crippen LogP contribution in [-0.4, -0.2) is 53.0 Å². The van der Waals surface area contributed by atoms with Gasteiger partial charge in [0.15, 0.2) is 6.29 Å². The SMILES string of the molecule is CN(CCc1ccccn1)C[C@H]1C[C@@H](c2ccc(CO)cc2)O[C@@H](c2ccc(N3C(=O)c4ccccc4C3=O)cc2)O1. The second-order valence-electron chi connectivity index (χ2n) is 10.8. The maximum atomic E-state index is 13.0. The Morgan fingerprint density at radius 3 is 2.17 bits per heavy atom. The Hall–Kier alpha value is -4.21. The maximum absolute atomic E-state index is 13.0. The van der Waals surface area contributed by atoms with Crippen molar-refractivity contribution >= 4 is 17.5 Å². The number of carbonyl (C=O) groups excluding carboxylic acids is 2. The van der Waals surface area contributed by atoms with E-state index in [0.29, 0.717) is 29.8 Å². The molecule has 2 aliphatic rings. The highest BCUT2D eigenvalue weighted by Gasteiger charge is 2.37. The zero-order valence-electron chi connectivity index (χ0n) is 23.4. The first-order valence-corrected chi connectivity index (χ1v) is 14.2. The van der Waals surface area contributed by atoms with Crippen molar-refractivity contribution in [2.45, 2.75) is 37.9 Å². The molecule has 8 heteroatoms. The van der Waals surface area contributed by atoms with Crippen LogP contribution in [0.2, 0.25) is 0 Å². The predicted octanol–water partition coefficient (Wildman–Crippen LogP) is 5.09. The van der Waals surface area contributed by atoms with Crippen LogP contribution in [0.15, 0.2) is 97.2 Å². The summed E-state index contributed by atoms with van der Waals surface area (Å²) in [6, 6.07) is 27.8. The fourth-order valence-electron chi connectivity index (χ4n) is 5.53. The van der Waals surface area contributed by atoms with E-state index in [-0.39, 0.29) is 30.6 Å². The number of anilines is 1. The van der Waals surface area contributed by atoms with E-state index in [1.165, 1.54) is 4.90 Å². The Kier molecular flexibility index (Phi) is 8.21. The summed E-state index contributed by atoms with van der Waals surface area (Å²) in [4.78, 5) is 33.8. The van der Waals surface area contributed by atoms with E-state index < -0.39 is 6.29 Å². The number of benzene rings is 3. The zero-order valence-corrected chi connectivity index (χ0v) is 23.4. The van der Waals surface area contributed by atoms with E-state index in [0.717, 1.165) is 35.3 Å². The van der Waals surface area contributed by atoms with Crippen LogP contribution in [0.1, 0.15) is 61.9 Å².